The van der Waals surface area contributed by atoms with Gasteiger partial charge in [-0.1, -0.05) is 25.1 Å². The maximum Gasteiger partial charge on any atom is 0.127 e. The molecule has 1 aromatic carbocycles. The molecule has 0 fully saturated rings. The predicted molar refractivity (Wildman–Crippen MR) is 68.4 cm³/mol. The summed E-state index contributed by atoms with van der Waals surface area (Å²) in [6, 6.07) is 7.02. The van der Waals surface area contributed by atoms with Gasteiger partial charge in [0, 0.05) is 18.2 Å². The zero-order chi connectivity index (χ0) is 12.5. The topological polar surface area (TPSA) is 32.3 Å². The van der Waals surface area contributed by atoms with Gasteiger partial charge in [0.1, 0.15) is 5.82 Å². The fourth-order valence-electron chi connectivity index (χ4n) is 1.92. The minimum atomic E-state index is -0.137. The summed E-state index contributed by atoms with van der Waals surface area (Å²) in [7, 11) is 0. The Kier molecular flexibility index (Phi) is 6.82. The van der Waals surface area contributed by atoms with Gasteiger partial charge in [0.15, 0.2) is 0 Å². The van der Waals surface area contributed by atoms with Crippen molar-refractivity contribution in [3.8, 4) is 0 Å². The van der Waals surface area contributed by atoms with Crippen LogP contribution in [0.25, 0.3) is 0 Å². The monoisotopic (exact) mass is 239 g/mol. The molecule has 0 saturated heterocycles. The van der Waals surface area contributed by atoms with Gasteiger partial charge in [0.25, 0.3) is 0 Å². The van der Waals surface area contributed by atoms with Gasteiger partial charge in [-0.2, -0.15) is 0 Å². The fraction of sp³-hybridized carbons (Fsp3) is 0.571. The van der Waals surface area contributed by atoms with Gasteiger partial charge in [-0.3, -0.25) is 0 Å². The van der Waals surface area contributed by atoms with Gasteiger partial charge in [0.05, 0.1) is 0 Å². The number of aliphatic hydroxyl groups excluding tert-OH is 1. The summed E-state index contributed by atoms with van der Waals surface area (Å²) in [5.41, 5.74) is 0.747. The van der Waals surface area contributed by atoms with E-state index in [0.717, 1.165) is 37.8 Å². The third kappa shape index (κ3) is 4.84. The van der Waals surface area contributed by atoms with Crippen LogP contribution in [0.3, 0.4) is 0 Å². The molecule has 0 bridgehead atoms. The third-order valence-electron chi connectivity index (χ3n) is 2.91. The smallest absolute Gasteiger partial charge is 0.127 e. The highest BCUT2D eigenvalue weighted by atomic mass is 19.1. The number of hydrogen-bond acceptors (Lipinski definition) is 2. The van der Waals surface area contributed by atoms with E-state index in [1.807, 2.05) is 12.1 Å². The molecule has 1 rings (SSSR count). The van der Waals surface area contributed by atoms with E-state index in [-0.39, 0.29) is 18.5 Å². The first kappa shape index (κ1) is 14.1. The molecular weight excluding hydrogens is 217 g/mol. The molecule has 0 heterocycles. The molecule has 17 heavy (non-hydrogen) atoms. The minimum absolute atomic E-state index is 0.0883. The first-order valence-electron chi connectivity index (χ1n) is 6.38. The van der Waals surface area contributed by atoms with Crippen molar-refractivity contribution in [1.82, 2.24) is 5.32 Å². The first-order chi connectivity index (χ1) is 8.29. The lowest BCUT2D eigenvalue weighted by atomic mass is 10.0. The Bertz CT molecular complexity index is 317. The van der Waals surface area contributed by atoms with Gasteiger partial charge in [0.2, 0.25) is 0 Å². The number of nitrogens with one attached hydrogen (secondary N) is 1. The van der Waals surface area contributed by atoms with Crippen LogP contribution in [0.15, 0.2) is 24.3 Å². The molecule has 0 amide bonds. The van der Waals surface area contributed by atoms with Gasteiger partial charge in [-0.15, -0.1) is 0 Å². The number of benzene rings is 1. The Hall–Kier alpha value is -0.930. The van der Waals surface area contributed by atoms with Crippen molar-refractivity contribution in [2.75, 3.05) is 13.2 Å². The van der Waals surface area contributed by atoms with Gasteiger partial charge < -0.3 is 10.4 Å². The molecule has 96 valence electrons. The summed E-state index contributed by atoms with van der Waals surface area (Å²) in [5, 5.41) is 12.0. The summed E-state index contributed by atoms with van der Waals surface area (Å²) in [6.07, 6.45) is 3.75. The molecule has 0 saturated carbocycles. The lowest BCUT2D eigenvalue weighted by Gasteiger charge is -2.18. The number of rotatable bonds is 8. The maximum absolute atomic E-state index is 13.6. The second-order valence-corrected chi connectivity index (χ2v) is 4.22. The van der Waals surface area contributed by atoms with Crippen molar-refractivity contribution < 1.29 is 9.50 Å². The lowest BCUT2D eigenvalue weighted by Crippen LogP contribution is -2.22. The zero-order valence-electron chi connectivity index (χ0n) is 10.5. The average molecular weight is 239 g/mol. The Morgan fingerprint density at radius 3 is 2.65 bits per heavy atom. The summed E-state index contributed by atoms with van der Waals surface area (Å²) in [6.45, 7) is 3.18. The van der Waals surface area contributed by atoms with Crippen LogP contribution >= 0.6 is 0 Å². The third-order valence-corrected chi connectivity index (χ3v) is 2.91. The summed E-state index contributed by atoms with van der Waals surface area (Å²) in [5.74, 6) is -0.137. The summed E-state index contributed by atoms with van der Waals surface area (Å²) in [4.78, 5) is 0. The molecule has 3 heteroatoms. The maximum atomic E-state index is 13.6. The van der Waals surface area contributed by atoms with E-state index in [1.165, 1.54) is 6.07 Å². The van der Waals surface area contributed by atoms with E-state index >= 15 is 0 Å². The molecule has 0 aliphatic rings. The van der Waals surface area contributed by atoms with Crippen molar-refractivity contribution in [2.24, 2.45) is 0 Å². The van der Waals surface area contributed by atoms with Crippen LogP contribution in [-0.2, 0) is 0 Å². The van der Waals surface area contributed by atoms with Crippen LogP contribution in [0.2, 0.25) is 0 Å². The van der Waals surface area contributed by atoms with E-state index in [2.05, 4.69) is 12.2 Å². The standard InChI is InChI=1S/C14H22FNO/c1-2-14(16-10-6-3-7-11-17)12-8-4-5-9-13(12)15/h4-5,8-9,14,16-17H,2-3,6-7,10-11H2,1H3. The Morgan fingerprint density at radius 1 is 1.24 bits per heavy atom. The summed E-state index contributed by atoms with van der Waals surface area (Å²) < 4.78 is 13.6. The normalized spacial score (nSPS) is 12.6. The number of unbranched alkanes of at least 4 members (excludes halogenated alkanes) is 2. The van der Waals surface area contributed by atoms with Crippen molar-refractivity contribution in [3.63, 3.8) is 0 Å². The van der Waals surface area contributed by atoms with E-state index in [0.29, 0.717) is 0 Å². The molecule has 2 N–H and O–H groups in total. The molecule has 0 aliphatic heterocycles. The SMILES string of the molecule is CCC(NCCCCCO)c1ccccc1F. The van der Waals surface area contributed by atoms with Crippen molar-refractivity contribution in [1.29, 1.82) is 0 Å². The van der Waals surface area contributed by atoms with Crippen molar-refractivity contribution in [3.05, 3.63) is 35.6 Å². The molecule has 0 spiro atoms. The highest BCUT2D eigenvalue weighted by Crippen LogP contribution is 2.19. The van der Waals surface area contributed by atoms with Gasteiger partial charge in [-0.25, -0.2) is 4.39 Å². The van der Waals surface area contributed by atoms with Crippen LogP contribution in [0.5, 0.6) is 0 Å². The molecule has 0 aliphatic carbocycles. The van der Waals surface area contributed by atoms with Gasteiger partial charge in [-0.05, 0) is 38.3 Å². The van der Waals surface area contributed by atoms with E-state index in [4.69, 9.17) is 5.11 Å². The van der Waals surface area contributed by atoms with E-state index in [1.54, 1.807) is 6.07 Å². The van der Waals surface area contributed by atoms with E-state index in [9.17, 15) is 4.39 Å². The van der Waals surface area contributed by atoms with Gasteiger partial charge >= 0.3 is 0 Å². The van der Waals surface area contributed by atoms with Crippen LogP contribution in [0.4, 0.5) is 4.39 Å². The van der Waals surface area contributed by atoms with Crippen molar-refractivity contribution in [2.45, 2.75) is 38.6 Å². The number of halogens is 1. The second kappa shape index (κ2) is 8.20. The van der Waals surface area contributed by atoms with E-state index < -0.39 is 0 Å². The lowest BCUT2D eigenvalue weighted by molar-refractivity contribution is 0.282. The Balaban J connectivity index is 2.41. The molecular formula is C14H22FNO. The highest BCUT2D eigenvalue weighted by molar-refractivity contribution is 5.20. The molecule has 1 atom stereocenters. The molecule has 2 nitrogen and oxygen atoms in total. The zero-order valence-corrected chi connectivity index (χ0v) is 10.5. The molecule has 0 radical (unpaired) electrons. The largest absolute Gasteiger partial charge is 0.396 e. The second-order valence-electron chi connectivity index (χ2n) is 4.22. The van der Waals surface area contributed by atoms with Crippen LogP contribution in [-0.4, -0.2) is 18.3 Å². The van der Waals surface area contributed by atoms with Crippen molar-refractivity contribution >= 4 is 0 Å². The fourth-order valence-corrected chi connectivity index (χ4v) is 1.92. The predicted octanol–water partition coefficient (Wildman–Crippen LogP) is 3.03. The molecule has 1 unspecified atom stereocenters. The first-order valence-corrected chi connectivity index (χ1v) is 6.38. The Morgan fingerprint density at radius 2 is 2.00 bits per heavy atom. The highest BCUT2D eigenvalue weighted by Gasteiger charge is 2.11. The molecule has 0 aromatic heterocycles. The number of hydrogen-bond donors (Lipinski definition) is 2. The van der Waals surface area contributed by atoms with Crippen LogP contribution in [0, 0.1) is 5.82 Å². The van der Waals surface area contributed by atoms with Crippen LogP contribution < -0.4 is 5.32 Å². The quantitative estimate of drug-likeness (QED) is 0.683. The van der Waals surface area contributed by atoms with Crippen LogP contribution in [0.1, 0.15) is 44.2 Å². The number of aliphatic hydroxyl groups is 1. The Labute approximate surface area is 103 Å². The minimum Gasteiger partial charge on any atom is -0.396 e. The average Bonchev–Trinajstić information content (AvgIpc) is 2.35. The molecule has 1 aromatic rings. The summed E-state index contributed by atoms with van der Waals surface area (Å²) >= 11 is 0.